The van der Waals surface area contributed by atoms with Crippen LogP contribution in [0.1, 0.15) is 47.5 Å². The highest BCUT2D eigenvalue weighted by Crippen LogP contribution is 2.09. The van der Waals surface area contributed by atoms with Gasteiger partial charge in [-0.3, -0.25) is 9.59 Å². The molecule has 0 saturated heterocycles. The van der Waals surface area contributed by atoms with Crippen LogP contribution in [-0.4, -0.2) is 49.1 Å². The molecule has 0 saturated carbocycles. The van der Waals surface area contributed by atoms with Crippen LogP contribution < -0.4 is 5.32 Å². The summed E-state index contributed by atoms with van der Waals surface area (Å²) in [4.78, 5) is 25.5. The van der Waals surface area contributed by atoms with Crippen LogP contribution in [0.2, 0.25) is 0 Å². The Kier molecular flexibility index (Phi) is 7.79. The predicted molar refractivity (Wildman–Crippen MR) is 80.4 cm³/mol. The van der Waals surface area contributed by atoms with Gasteiger partial charge < -0.3 is 15.0 Å². The van der Waals surface area contributed by atoms with E-state index in [4.69, 9.17) is 4.74 Å². The lowest BCUT2D eigenvalue weighted by atomic mass is 10.0. The van der Waals surface area contributed by atoms with Crippen LogP contribution >= 0.6 is 0 Å². The molecule has 0 bridgehead atoms. The number of esters is 1. The Bertz CT molecular complexity index is 320. The van der Waals surface area contributed by atoms with Gasteiger partial charge in [-0.25, -0.2) is 0 Å². The smallest absolute Gasteiger partial charge is 0.306 e. The first kappa shape index (κ1) is 18.9. The fourth-order valence-electron chi connectivity index (χ4n) is 1.70. The maximum atomic E-state index is 11.9. The Balaban J connectivity index is 4.17. The number of hydrogen-bond donors (Lipinski definition) is 1. The Hall–Kier alpha value is -1.10. The maximum absolute atomic E-state index is 11.9. The third-order valence-corrected chi connectivity index (χ3v) is 2.69. The summed E-state index contributed by atoms with van der Waals surface area (Å²) >= 11 is 0. The summed E-state index contributed by atoms with van der Waals surface area (Å²) in [6.45, 7) is 10.4. The SMILES string of the molecule is CC(C)C(CN(C)C)NC(=O)CCC(=O)OC(C)(C)C. The number of ether oxygens (including phenoxy) is 1. The van der Waals surface area contributed by atoms with Crippen LogP contribution in [0.5, 0.6) is 0 Å². The van der Waals surface area contributed by atoms with Gasteiger partial charge in [-0.15, -0.1) is 0 Å². The lowest BCUT2D eigenvalue weighted by molar-refractivity contribution is -0.155. The normalized spacial score (nSPS) is 13.4. The summed E-state index contributed by atoms with van der Waals surface area (Å²) in [5, 5.41) is 2.98. The van der Waals surface area contributed by atoms with Crippen molar-refractivity contribution >= 4 is 11.9 Å². The summed E-state index contributed by atoms with van der Waals surface area (Å²) in [5.74, 6) is -0.0827. The van der Waals surface area contributed by atoms with E-state index in [9.17, 15) is 9.59 Å². The minimum absolute atomic E-state index is 0.0936. The molecule has 0 aliphatic carbocycles. The number of nitrogens with one attached hydrogen (secondary N) is 1. The van der Waals surface area contributed by atoms with Crippen molar-refractivity contribution in [3.8, 4) is 0 Å². The Morgan fingerprint density at radius 2 is 1.70 bits per heavy atom. The minimum Gasteiger partial charge on any atom is -0.460 e. The van der Waals surface area contributed by atoms with Crippen LogP contribution in [0.25, 0.3) is 0 Å². The molecule has 118 valence electrons. The van der Waals surface area contributed by atoms with Crippen molar-refractivity contribution in [1.82, 2.24) is 10.2 Å². The van der Waals surface area contributed by atoms with Crippen LogP contribution in [-0.2, 0) is 14.3 Å². The van der Waals surface area contributed by atoms with Gasteiger partial charge in [0.05, 0.1) is 6.42 Å². The molecular weight excluding hydrogens is 256 g/mol. The highest BCUT2D eigenvalue weighted by atomic mass is 16.6. The standard InChI is InChI=1S/C15H30N2O3/c1-11(2)12(10-17(6)7)16-13(18)8-9-14(19)20-15(3,4)5/h11-12H,8-10H2,1-7H3,(H,16,18). The van der Waals surface area contributed by atoms with E-state index in [-0.39, 0.29) is 30.8 Å². The minimum atomic E-state index is -0.501. The molecule has 1 amide bonds. The lowest BCUT2D eigenvalue weighted by Crippen LogP contribution is -2.45. The van der Waals surface area contributed by atoms with Gasteiger partial charge in [-0.05, 0) is 40.8 Å². The molecular formula is C15H30N2O3. The number of carbonyl (C=O) groups is 2. The second-order valence-electron chi connectivity index (χ2n) is 6.77. The Morgan fingerprint density at radius 3 is 2.10 bits per heavy atom. The number of rotatable bonds is 7. The van der Waals surface area contributed by atoms with Gasteiger partial charge in [0.25, 0.3) is 0 Å². The van der Waals surface area contributed by atoms with E-state index >= 15 is 0 Å². The van der Waals surface area contributed by atoms with Crippen molar-refractivity contribution in [3.63, 3.8) is 0 Å². The van der Waals surface area contributed by atoms with Crippen molar-refractivity contribution in [2.45, 2.75) is 59.1 Å². The number of hydrogen-bond acceptors (Lipinski definition) is 4. The molecule has 0 aliphatic heterocycles. The van der Waals surface area contributed by atoms with Gasteiger partial charge in [-0.2, -0.15) is 0 Å². The van der Waals surface area contributed by atoms with Gasteiger partial charge in [0, 0.05) is 19.0 Å². The van der Waals surface area contributed by atoms with Crippen LogP contribution in [0.3, 0.4) is 0 Å². The molecule has 0 spiro atoms. The summed E-state index contributed by atoms with van der Waals surface area (Å²) in [5.41, 5.74) is -0.501. The van der Waals surface area contributed by atoms with E-state index in [1.807, 2.05) is 39.8 Å². The molecule has 0 aromatic heterocycles. The summed E-state index contributed by atoms with van der Waals surface area (Å²) in [7, 11) is 3.95. The summed E-state index contributed by atoms with van der Waals surface area (Å²) in [6.07, 6.45) is 0.293. The molecule has 1 unspecified atom stereocenters. The topological polar surface area (TPSA) is 58.6 Å². The van der Waals surface area contributed by atoms with E-state index < -0.39 is 5.60 Å². The van der Waals surface area contributed by atoms with Crippen molar-refractivity contribution < 1.29 is 14.3 Å². The first-order chi connectivity index (χ1) is 9.01. The molecule has 20 heavy (non-hydrogen) atoms. The third-order valence-electron chi connectivity index (χ3n) is 2.69. The molecule has 0 aliphatic rings. The molecule has 0 radical (unpaired) electrons. The van der Waals surface area contributed by atoms with Crippen molar-refractivity contribution in [2.24, 2.45) is 5.92 Å². The first-order valence-electron chi connectivity index (χ1n) is 7.17. The van der Waals surface area contributed by atoms with Crippen LogP contribution in [0.4, 0.5) is 0 Å². The van der Waals surface area contributed by atoms with Crippen LogP contribution in [0, 0.1) is 5.92 Å². The summed E-state index contributed by atoms with van der Waals surface area (Å²) in [6, 6.07) is 0.0936. The maximum Gasteiger partial charge on any atom is 0.306 e. The number of amides is 1. The highest BCUT2D eigenvalue weighted by Gasteiger charge is 2.20. The monoisotopic (exact) mass is 286 g/mol. The molecule has 0 fully saturated rings. The number of nitrogens with zero attached hydrogens (tertiary/aromatic N) is 1. The second kappa shape index (κ2) is 8.25. The predicted octanol–water partition coefficient (Wildman–Crippen LogP) is 1.81. The Labute approximate surface area is 123 Å². The fourth-order valence-corrected chi connectivity index (χ4v) is 1.70. The molecule has 1 N–H and O–H groups in total. The zero-order chi connectivity index (χ0) is 15.9. The molecule has 0 rings (SSSR count). The van der Waals surface area contributed by atoms with E-state index in [1.54, 1.807) is 0 Å². The molecule has 5 heteroatoms. The van der Waals surface area contributed by atoms with Crippen molar-refractivity contribution in [1.29, 1.82) is 0 Å². The quantitative estimate of drug-likeness (QED) is 0.725. The fraction of sp³-hybridized carbons (Fsp3) is 0.867. The molecule has 5 nitrogen and oxygen atoms in total. The van der Waals surface area contributed by atoms with Gasteiger partial charge in [0.1, 0.15) is 5.60 Å². The zero-order valence-electron chi connectivity index (χ0n) is 13.9. The lowest BCUT2D eigenvalue weighted by Gasteiger charge is -2.25. The highest BCUT2D eigenvalue weighted by molar-refractivity contribution is 5.81. The van der Waals surface area contributed by atoms with E-state index in [0.717, 1.165) is 6.54 Å². The molecule has 1 atom stereocenters. The number of likely N-dealkylation sites (N-methyl/N-ethyl adjacent to an activating group) is 1. The van der Waals surface area contributed by atoms with Gasteiger partial charge >= 0.3 is 5.97 Å². The van der Waals surface area contributed by atoms with E-state index in [0.29, 0.717) is 5.92 Å². The molecule has 0 heterocycles. The average molecular weight is 286 g/mol. The van der Waals surface area contributed by atoms with E-state index in [1.165, 1.54) is 0 Å². The first-order valence-corrected chi connectivity index (χ1v) is 7.17. The van der Waals surface area contributed by atoms with E-state index in [2.05, 4.69) is 19.2 Å². The summed E-state index contributed by atoms with van der Waals surface area (Å²) < 4.78 is 5.18. The largest absolute Gasteiger partial charge is 0.460 e. The van der Waals surface area contributed by atoms with Gasteiger partial charge in [0.2, 0.25) is 5.91 Å². The Morgan fingerprint density at radius 1 is 1.15 bits per heavy atom. The third kappa shape index (κ3) is 9.78. The van der Waals surface area contributed by atoms with Gasteiger partial charge in [-0.1, -0.05) is 13.8 Å². The average Bonchev–Trinajstić information content (AvgIpc) is 2.22. The second-order valence-corrected chi connectivity index (χ2v) is 6.77. The van der Waals surface area contributed by atoms with Crippen LogP contribution in [0.15, 0.2) is 0 Å². The molecule has 0 aromatic rings. The van der Waals surface area contributed by atoms with Gasteiger partial charge in [0.15, 0.2) is 0 Å². The van der Waals surface area contributed by atoms with Crippen molar-refractivity contribution in [3.05, 3.63) is 0 Å². The molecule has 0 aromatic carbocycles. The number of carbonyl (C=O) groups excluding carboxylic acids is 2. The van der Waals surface area contributed by atoms with Crippen molar-refractivity contribution in [2.75, 3.05) is 20.6 Å². The zero-order valence-corrected chi connectivity index (χ0v) is 13.9.